The molecule has 0 aliphatic rings. The number of aryl methyl sites for hydroxylation is 1. The maximum atomic E-state index is 14.6. The van der Waals surface area contributed by atoms with Crippen molar-refractivity contribution >= 4 is 42.9 Å². The molecule has 9 heteroatoms. The first-order valence-electron chi connectivity index (χ1n) is 10.4. The lowest BCUT2D eigenvalue weighted by molar-refractivity contribution is 0.0664. The zero-order valence-corrected chi connectivity index (χ0v) is 20.6. The Labute approximate surface area is 204 Å². The van der Waals surface area contributed by atoms with Crippen LogP contribution in [0.15, 0.2) is 80.5 Å². The number of hydrogen-bond acceptors (Lipinski definition) is 4. The Morgan fingerprint density at radius 2 is 1.82 bits per heavy atom. The van der Waals surface area contributed by atoms with Gasteiger partial charge in [0.1, 0.15) is 11.4 Å². The van der Waals surface area contributed by atoms with Crippen LogP contribution >= 0.6 is 15.9 Å². The van der Waals surface area contributed by atoms with E-state index in [0.717, 1.165) is 5.56 Å². The summed E-state index contributed by atoms with van der Waals surface area (Å²) in [7, 11) is -4.05. The van der Waals surface area contributed by atoms with Crippen LogP contribution in [0, 0.1) is 12.7 Å². The zero-order valence-electron chi connectivity index (χ0n) is 18.2. The van der Waals surface area contributed by atoms with E-state index in [1.54, 1.807) is 19.1 Å². The van der Waals surface area contributed by atoms with Crippen LogP contribution < -0.4 is 0 Å². The molecule has 1 aromatic heterocycles. The number of carboxylic acid groups (broad SMARTS) is 1. The van der Waals surface area contributed by atoms with Gasteiger partial charge in [0, 0.05) is 34.1 Å². The van der Waals surface area contributed by atoms with Crippen LogP contribution in [0.25, 0.3) is 11.0 Å². The Bertz CT molecular complexity index is 1470. The average molecular weight is 546 g/mol. The number of carbonyl (C=O) groups is 1. The molecule has 4 rings (SSSR count). The Balaban J connectivity index is 1.73. The van der Waals surface area contributed by atoms with E-state index >= 15 is 0 Å². The first kappa shape index (κ1) is 24.1. The van der Waals surface area contributed by atoms with Gasteiger partial charge in [-0.2, -0.15) is 4.31 Å². The molecule has 4 aromatic rings. The molecular formula is C25H21BrFNO5S. The molecule has 0 bridgehead atoms. The minimum Gasteiger partial charge on any atom is -0.475 e. The van der Waals surface area contributed by atoms with E-state index in [4.69, 9.17) is 4.42 Å². The van der Waals surface area contributed by atoms with Crippen molar-refractivity contribution in [3.8, 4) is 0 Å². The molecule has 176 valence electrons. The zero-order chi connectivity index (χ0) is 24.5. The topological polar surface area (TPSA) is 87.8 Å². The van der Waals surface area contributed by atoms with Crippen LogP contribution in [0.5, 0.6) is 0 Å². The third kappa shape index (κ3) is 4.91. The van der Waals surface area contributed by atoms with Crippen LogP contribution in [0.2, 0.25) is 0 Å². The van der Waals surface area contributed by atoms with Gasteiger partial charge in [0.2, 0.25) is 15.8 Å². The maximum Gasteiger partial charge on any atom is 0.372 e. The quantitative estimate of drug-likeness (QED) is 0.303. The smallest absolute Gasteiger partial charge is 0.372 e. The van der Waals surface area contributed by atoms with Crippen LogP contribution in [0.4, 0.5) is 4.39 Å². The van der Waals surface area contributed by atoms with Crippen molar-refractivity contribution in [3.63, 3.8) is 0 Å². The molecule has 34 heavy (non-hydrogen) atoms. The van der Waals surface area contributed by atoms with E-state index in [9.17, 15) is 22.7 Å². The SMILES string of the molecule is Cc1c(C(=O)O)oc2ccc(S(=O)(=O)N(CCc3ccccc3)Cc3ccc(Br)cc3F)cc12. The van der Waals surface area contributed by atoms with Gasteiger partial charge in [-0.05, 0) is 49.2 Å². The molecule has 1 heterocycles. The van der Waals surface area contributed by atoms with E-state index in [1.807, 2.05) is 30.3 Å². The van der Waals surface area contributed by atoms with Gasteiger partial charge in [-0.25, -0.2) is 17.6 Å². The third-order valence-corrected chi connectivity index (χ3v) is 7.93. The molecule has 3 aromatic carbocycles. The predicted molar refractivity (Wildman–Crippen MR) is 130 cm³/mol. The third-order valence-electron chi connectivity index (χ3n) is 5.59. The second-order valence-corrected chi connectivity index (χ2v) is 10.7. The molecule has 0 aliphatic heterocycles. The van der Waals surface area contributed by atoms with Crippen molar-refractivity contribution in [1.29, 1.82) is 0 Å². The van der Waals surface area contributed by atoms with Gasteiger partial charge in [-0.1, -0.05) is 52.3 Å². The summed E-state index contributed by atoms with van der Waals surface area (Å²) in [5.41, 5.74) is 1.82. The minimum atomic E-state index is -4.05. The lowest BCUT2D eigenvalue weighted by Crippen LogP contribution is -2.33. The summed E-state index contributed by atoms with van der Waals surface area (Å²) >= 11 is 3.22. The van der Waals surface area contributed by atoms with Crippen molar-refractivity contribution in [2.24, 2.45) is 0 Å². The number of aromatic carboxylic acids is 1. The fourth-order valence-corrected chi connectivity index (χ4v) is 5.51. The number of hydrogen-bond donors (Lipinski definition) is 1. The first-order chi connectivity index (χ1) is 16.2. The molecule has 0 saturated heterocycles. The van der Waals surface area contributed by atoms with Crippen molar-refractivity contribution in [1.82, 2.24) is 4.31 Å². The number of fused-ring (bicyclic) bond motifs is 1. The number of nitrogens with zero attached hydrogens (tertiary/aromatic N) is 1. The van der Waals surface area contributed by atoms with E-state index in [0.29, 0.717) is 21.8 Å². The molecule has 6 nitrogen and oxygen atoms in total. The number of carboxylic acids is 1. The molecule has 0 fully saturated rings. The number of halogens is 2. The predicted octanol–water partition coefficient (Wildman–Crippen LogP) is 5.77. The lowest BCUT2D eigenvalue weighted by Gasteiger charge is -2.23. The molecular weight excluding hydrogens is 525 g/mol. The molecule has 0 spiro atoms. The van der Waals surface area contributed by atoms with E-state index in [-0.39, 0.29) is 34.9 Å². The highest BCUT2D eigenvalue weighted by atomic mass is 79.9. The molecule has 0 atom stereocenters. The summed E-state index contributed by atoms with van der Waals surface area (Å²) in [5.74, 6) is -1.97. The van der Waals surface area contributed by atoms with Gasteiger partial charge >= 0.3 is 5.97 Å². The number of sulfonamides is 1. The van der Waals surface area contributed by atoms with Gasteiger partial charge in [0.05, 0.1) is 4.90 Å². The minimum absolute atomic E-state index is 0.0218. The Hall–Kier alpha value is -3.01. The fraction of sp³-hybridized carbons (Fsp3) is 0.160. The van der Waals surface area contributed by atoms with Gasteiger partial charge in [-0.3, -0.25) is 0 Å². The summed E-state index contributed by atoms with van der Waals surface area (Å²) in [6, 6.07) is 18.2. The van der Waals surface area contributed by atoms with Crippen LogP contribution in [-0.2, 0) is 23.0 Å². The normalized spacial score (nSPS) is 11.9. The monoisotopic (exact) mass is 545 g/mol. The van der Waals surface area contributed by atoms with Gasteiger partial charge < -0.3 is 9.52 Å². The summed E-state index contributed by atoms with van der Waals surface area (Å²) in [5, 5.41) is 9.71. The van der Waals surface area contributed by atoms with Gasteiger partial charge in [0.25, 0.3) is 0 Å². The fourth-order valence-electron chi connectivity index (χ4n) is 3.74. The molecule has 1 N–H and O–H groups in total. The highest BCUT2D eigenvalue weighted by molar-refractivity contribution is 9.10. The van der Waals surface area contributed by atoms with Crippen molar-refractivity contribution in [2.45, 2.75) is 24.8 Å². The van der Waals surface area contributed by atoms with Crippen molar-refractivity contribution in [2.75, 3.05) is 6.54 Å². The number of rotatable bonds is 8. The first-order valence-corrected chi connectivity index (χ1v) is 12.6. The highest BCUT2D eigenvalue weighted by Gasteiger charge is 2.27. The summed E-state index contributed by atoms with van der Waals surface area (Å²) in [6.07, 6.45) is 0.439. The average Bonchev–Trinajstić information content (AvgIpc) is 3.14. The highest BCUT2D eigenvalue weighted by Crippen LogP contribution is 2.30. The Morgan fingerprint density at radius 1 is 1.09 bits per heavy atom. The standard InChI is InChI=1S/C25H21BrFNO5S/c1-16-21-14-20(9-10-23(21)33-24(16)25(29)30)34(31,32)28(12-11-17-5-3-2-4-6-17)15-18-7-8-19(26)13-22(18)27/h2-10,13-14H,11-12,15H2,1H3,(H,29,30). The lowest BCUT2D eigenvalue weighted by atomic mass is 10.1. The van der Waals surface area contributed by atoms with E-state index < -0.39 is 21.8 Å². The number of furan rings is 1. The maximum absolute atomic E-state index is 14.6. The van der Waals surface area contributed by atoms with E-state index in [1.165, 1.54) is 28.6 Å². The van der Waals surface area contributed by atoms with Crippen LogP contribution in [0.1, 0.15) is 27.2 Å². The van der Waals surface area contributed by atoms with Crippen LogP contribution in [0.3, 0.4) is 0 Å². The molecule has 0 unspecified atom stereocenters. The second-order valence-electron chi connectivity index (χ2n) is 7.83. The number of benzene rings is 3. The van der Waals surface area contributed by atoms with Gasteiger partial charge in [-0.15, -0.1) is 0 Å². The second kappa shape index (κ2) is 9.69. The summed E-state index contributed by atoms with van der Waals surface area (Å²) < 4.78 is 49.1. The molecule has 0 saturated carbocycles. The molecule has 0 aliphatic carbocycles. The summed E-state index contributed by atoms with van der Waals surface area (Å²) in [6.45, 7) is 1.54. The molecule has 0 amide bonds. The summed E-state index contributed by atoms with van der Waals surface area (Å²) in [4.78, 5) is 11.4. The largest absolute Gasteiger partial charge is 0.475 e. The molecule has 0 radical (unpaired) electrons. The van der Waals surface area contributed by atoms with Crippen molar-refractivity contribution < 1.29 is 27.1 Å². The van der Waals surface area contributed by atoms with Crippen molar-refractivity contribution in [3.05, 3.63) is 99.5 Å². The van der Waals surface area contributed by atoms with E-state index in [2.05, 4.69) is 15.9 Å². The van der Waals surface area contributed by atoms with Crippen LogP contribution in [-0.4, -0.2) is 30.3 Å². The Morgan fingerprint density at radius 3 is 2.50 bits per heavy atom. The Kier molecular flexibility index (Phi) is 6.88. The van der Waals surface area contributed by atoms with Gasteiger partial charge in [0.15, 0.2) is 0 Å².